The third kappa shape index (κ3) is 3.04. The third-order valence-electron chi connectivity index (χ3n) is 5.09. The summed E-state index contributed by atoms with van der Waals surface area (Å²) in [5, 5.41) is 4.13. The molecule has 0 bridgehead atoms. The highest BCUT2D eigenvalue weighted by Gasteiger charge is 2.34. The predicted molar refractivity (Wildman–Crippen MR) is 89.4 cm³/mol. The SMILES string of the molecule is Cc1ncoc1C(=O)N1CC[C@@H](C)[C@H](c2cc(C(F)F)nc3ncnn23)C1. The average molecular weight is 376 g/mol. The number of nitrogens with zero attached hydrogens (tertiary/aromatic N) is 6. The van der Waals surface area contributed by atoms with Crippen molar-refractivity contribution in [1.29, 1.82) is 0 Å². The molecule has 4 heterocycles. The average Bonchev–Trinajstić information content (AvgIpc) is 3.29. The Bertz CT molecular complexity index is 985. The van der Waals surface area contributed by atoms with Crippen molar-refractivity contribution in [2.75, 3.05) is 13.1 Å². The second-order valence-corrected chi connectivity index (χ2v) is 6.77. The minimum atomic E-state index is -2.71. The topological polar surface area (TPSA) is 89.4 Å². The van der Waals surface area contributed by atoms with Gasteiger partial charge in [0.1, 0.15) is 12.0 Å². The smallest absolute Gasteiger partial charge is 0.291 e. The van der Waals surface area contributed by atoms with Crippen LogP contribution in [0, 0.1) is 12.8 Å². The maximum atomic E-state index is 13.3. The van der Waals surface area contributed by atoms with E-state index in [0.29, 0.717) is 24.5 Å². The lowest BCUT2D eigenvalue weighted by Crippen LogP contribution is -2.42. The molecule has 0 spiro atoms. The number of alkyl halides is 2. The van der Waals surface area contributed by atoms with Crippen LogP contribution in [-0.4, -0.2) is 48.5 Å². The second-order valence-electron chi connectivity index (χ2n) is 6.77. The van der Waals surface area contributed by atoms with E-state index in [1.165, 1.54) is 23.3 Å². The number of fused-ring (bicyclic) bond motifs is 1. The number of rotatable bonds is 3. The highest BCUT2D eigenvalue weighted by atomic mass is 19.3. The molecule has 1 aliphatic heterocycles. The van der Waals surface area contributed by atoms with E-state index in [4.69, 9.17) is 4.42 Å². The highest BCUT2D eigenvalue weighted by Crippen LogP contribution is 2.34. The molecule has 2 atom stereocenters. The number of carbonyl (C=O) groups excluding carboxylic acids is 1. The van der Waals surface area contributed by atoms with Gasteiger partial charge in [-0.2, -0.15) is 10.1 Å². The minimum Gasteiger partial charge on any atom is -0.438 e. The number of aromatic nitrogens is 5. The van der Waals surface area contributed by atoms with E-state index >= 15 is 0 Å². The molecule has 27 heavy (non-hydrogen) atoms. The zero-order chi connectivity index (χ0) is 19.1. The molecule has 0 radical (unpaired) electrons. The van der Waals surface area contributed by atoms with E-state index in [1.54, 1.807) is 11.8 Å². The molecule has 1 amide bonds. The standard InChI is InChI=1S/C17H18F2N6O2/c1-9-3-4-24(16(26)14-10(2)21-8-27-14)6-11(9)13-5-12(15(18)19)23-17-20-7-22-25(13)17/h5,7-9,11,15H,3-4,6H2,1-2H3/t9-,11-/m1/s1. The lowest BCUT2D eigenvalue weighted by molar-refractivity contribution is 0.0632. The zero-order valence-corrected chi connectivity index (χ0v) is 14.8. The molecule has 142 valence electrons. The zero-order valence-electron chi connectivity index (χ0n) is 14.8. The first-order valence-electron chi connectivity index (χ1n) is 8.63. The summed E-state index contributed by atoms with van der Waals surface area (Å²) in [7, 11) is 0. The van der Waals surface area contributed by atoms with E-state index < -0.39 is 6.43 Å². The van der Waals surface area contributed by atoms with Crippen molar-refractivity contribution in [2.24, 2.45) is 5.92 Å². The third-order valence-corrected chi connectivity index (χ3v) is 5.09. The van der Waals surface area contributed by atoms with E-state index in [2.05, 4.69) is 20.1 Å². The van der Waals surface area contributed by atoms with Crippen LogP contribution in [0.4, 0.5) is 8.78 Å². The van der Waals surface area contributed by atoms with Gasteiger partial charge in [-0.1, -0.05) is 6.92 Å². The predicted octanol–water partition coefficient (Wildman–Crippen LogP) is 2.62. The van der Waals surface area contributed by atoms with Crippen molar-refractivity contribution in [1.82, 2.24) is 29.5 Å². The monoisotopic (exact) mass is 376 g/mol. The van der Waals surface area contributed by atoms with Crippen molar-refractivity contribution < 1.29 is 18.0 Å². The number of hydrogen-bond donors (Lipinski definition) is 0. The van der Waals surface area contributed by atoms with Crippen LogP contribution in [0.15, 0.2) is 23.2 Å². The molecule has 0 aromatic carbocycles. The van der Waals surface area contributed by atoms with E-state index in [1.807, 2.05) is 6.92 Å². The number of hydrogen-bond acceptors (Lipinski definition) is 6. The van der Waals surface area contributed by atoms with Crippen molar-refractivity contribution in [2.45, 2.75) is 32.6 Å². The number of halogens is 2. The molecule has 10 heteroatoms. The summed E-state index contributed by atoms with van der Waals surface area (Å²) in [4.78, 5) is 26.2. The molecule has 1 aliphatic rings. The molecule has 3 aromatic rings. The highest BCUT2D eigenvalue weighted by molar-refractivity contribution is 5.92. The number of aryl methyl sites for hydroxylation is 1. The first-order valence-corrected chi connectivity index (χ1v) is 8.63. The van der Waals surface area contributed by atoms with Gasteiger partial charge in [0.2, 0.25) is 5.76 Å². The van der Waals surface area contributed by atoms with E-state index in [0.717, 1.165) is 6.42 Å². The first kappa shape index (κ1) is 17.5. The van der Waals surface area contributed by atoms with Crippen LogP contribution in [0.1, 0.15) is 53.3 Å². The Morgan fingerprint density at radius 1 is 1.37 bits per heavy atom. The fourth-order valence-corrected chi connectivity index (χ4v) is 3.52. The van der Waals surface area contributed by atoms with Gasteiger partial charge in [-0.3, -0.25) is 4.79 Å². The number of oxazole rings is 1. The number of carbonyl (C=O) groups is 1. The quantitative estimate of drug-likeness (QED) is 0.698. The molecule has 1 saturated heterocycles. The van der Waals surface area contributed by atoms with Gasteiger partial charge in [-0.15, -0.1) is 0 Å². The van der Waals surface area contributed by atoms with Crippen LogP contribution in [0.3, 0.4) is 0 Å². The normalized spacial score (nSPS) is 20.6. The summed E-state index contributed by atoms with van der Waals surface area (Å²) in [6.45, 7) is 4.67. The van der Waals surface area contributed by atoms with Crippen molar-refractivity contribution in [3.8, 4) is 0 Å². The Kier molecular flexibility index (Phi) is 4.33. The van der Waals surface area contributed by atoms with Gasteiger partial charge in [-0.05, 0) is 25.3 Å². The van der Waals surface area contributed by atoms with E-state index in [-0.39, 0.29) is 35.0 Å². The van der Waals surface area contributed by atoms with Gasteiger partial charge in [0.15, 0.2) is 6.39 Å². The Balaban J connectivity index is 1.70. The molecule has 0 aliphatic carbocycles. The Morgan fingerprint density at radius 3 is 2.89 bits per heavy atom. The van der Waals surface area contributed by atoms with Crippen molar-refractivity contribution in [3.05, 3.63) is 41.6 Å². The molecule has 0 saturated carbocycles. The molecular formula is C17H18F2N6O2. The molecular weight excluding hydrogens is 358 g/mol. The van der Waals surface area contributed by atoms with Gasteiger partial charge in [-0.25, -0.2) is 23.3 Å². The summed E-state index contributed by atoms with van der Waals surface area (Å²) in [6.07, 6.45) is 0.545. The van der Waals surface area contributed by atoms with Gasteiger partial charge in [0, 0.05) is 19.0 Å². The lowest BCUT2D eigenvalue weighted by atomic mass is 9.84. The molecule has 0 N–H and O–H groups in total. The van der Waals surface area contributed by atoms with Crippen molar-refractivity contribution >= 4 is 11.7 Å². The summed E-state index contributed by atoms with van der Waals surface area (Å²) >= 11 is 0. The fourth-order valence-electron chi connectivity index (χ4n) is 3.52. The van der Waals surface area contributed by atoms with Crippen molar-refractivity contribution in [3.63, 3.8) is 0 Å². The van der Waals surface area contributed by atoms with Gasteiger partial charge in [0.05, 0.1) is 11.4 Å². The van der Waals surface area contributed by atoms with Crippen LogP contribution in [-0.2, 0) is 0 Å². The first-order chi connectivity index (χ1) is 13.0. The molecule has 4 rings (SSSR count). The molecule has 3 aromatic heterocycles. The molecule has 0 unspecified atom stereocenters. The molecule has 8 nitrogen and oxygen atoms in total. The van der Waals surface area contributed by atoms with Crippen LogP contribution < -0.4 is 0 Å². The minimum absolute atomic E-state index is 0.129. The van der Waals surface area contributed by atoms with Gasteiger partial charge >= 0.3 is 0 Å². The number of amides is 1. The summed E-state index contributed by atoms with van der Waals surface area (Å²) < 4.78 is 33.2. The largest absolute Gasteiger partial charge is 0.438 e. The lowest BCUT2D eigenvalue weighted by Gasteiger charge is -2.37. The van der Waals surface area contributed by atoms with E-state index in [9.17, 15) is 13.6 Å². The maximum Gasteiger partial charge on any atom is 0.291 e. The molecule has 1 fully saturated rings. The Labute approximate surface area is 153 Å². The Morgan fingerprint density at radius 2 is 2.19 bits per heavy atom. The Hall–Kier alpha value is -2.91. The summed E-state index contributed by atoms with van der Waals surface area (Å²) in [6, 6.07) is 1.36. The van der Waals surface area contributed by atoms with Crippen LogP contribution >= 0.6 is 0 Å². The van der Waals surface area contributed by atoms with Crippen LogP contribution in [0.2, 0.25) is 0 Å². The summed E-state index contributed by atoms with van der Waals surface area (Å²) in [5.41, 5.74) is 0.761. The number of likely N-dealkylation sites (tertiary alicyclic amines) is 1. The fraction of sp³-hybridized carbons (Fsp3) is 0.471. The van der Waals surface area contributed by atoms with Crippen LogP contribution in [0.25, 0.3) is 5.78 Å². The number of piperidine rings is 1. The van der Waals surface area contributed by atoms with Crippen LogP contribution in [0.5, 0.6) is 0 Å². The van der Waals surface area contributed by atoms with Gasteiger partial charge < -0.3 is 9.32 Å². The maximum absolute atomic E-state index is 13.3. The van der Waals surface area contributed by atoms with Gasteiger partial charge in [0.25, 0.3) is 18.1 Å². The summed E-state index contributed by atoms with van der Waals surface area (Å²) in [5.74, 6) is 0.0717. The second kappa shape index (κ2) is 6.67.